The van der Waals surface area contributed by atoms with E-state index in [0.29, 0.717) is 18.8 Å². The second-order valence-electron chi connectivity index (χ2n) is 7.50. The summed E-state index contributed by atoms with van der Waals surface area (Å²) in [4.78, 5) is 25.4. The molecule has 3 aromatic carbocycles. The molecule has 0 aliphatic carbocycles. The Kier molecular flexibility index (Phi) is 8.43. The van der Waals surface area contributed by atoms with E-state index in [1.54, 1.807) is 4.90 Å². The van der Waals surface area contributed by atoms with Gasteiger partial charge in [0.15, 0.2) is 0 Å². The Morgan fingerprint density at radius 2 is 1.48 bits per heavy atom. The molecule has 3 rings (SSSR count). The molecule has 0 aliphatic heterocycles. The van der Waals surface area contributed by atoms with Crippen LogP contribution in [0.25, 0.3) is 0 Å². The first-order chi connectivity index (χ1) is 16.0. The van der Waals surface area contributed by atoms with Gasteiger partial charge in [-0.05, 0) is 53.9 Å². The number of amides is 2. The van der Waals surface area contributed by atoms with Gasteiger partial charge in [0.2, 0.25) is 0 Å². The summed E-state index contributed by atoms with van der Waals surface area (Å²) < 4.78 is 9.63. The number of rotatable bonds is 8. The molecule has 0 radical (unpaired) electrons. The molecule has 0 bridgehead atoms. The van der Waals surface area contributed by atoms with Gasteiger partial charge in [0.25, 0.3) is 0 Å². The first kappa shape index (κ1) is 23.8. The molecule has 0 fully saturated rings. The van der Waals surface area contributed by atoms with Gasteiger partial charge in [-0.15, -0.1) is 0 Å². The molecule has 0 spiro atoms. The maximum Gasteiger partial charge on any atom is 0.414 e. The van der Waals surface area contributed by atoms with Gasteiger partial charge in [0.05, 0.1) is 20.8 Å². The molecule has 33 heavy (non-hydrogen) atoms. The fourth-order valence-corrected chi connectivity index (χ4v) is 3.68. The topological polar surface area (TPSA) is 93.9 Å². The first-order valence-electron chi connectivity index (χ1n) is 10.7. The smallest absolute Gasteiger partial charge is 0.414 e. The molecular weight excluding hydrogens is 418 g/mol. The number of carbonyl (C=O) groups excluding carboxylic acids is 2. The minimum absolute atomic E-state index is 0.0805. The summed E-state index contributed by atoms with van der Waals surface area (Å²) in [5.41, 5.74) is 10.5. The number of hydrogen-bond acceptors (Lipinski definition) is 5. The number of ether oxygens (including phenoxy) is 2. The van der Waals surface area contributed by atoms with Crippen molar-refractivity contribution in [1.29, 1.82) is 0 Å². The molecule has 172 valence electrons. The summed E-state index contributed by atoms with van der Waals surface area (Å²) in [6, 6.07) is 25.2. The zero-order valence-electron chi connectivity index (χ0n) is 18.9. The lowest BCUT2D eigenvalue weighted by Crippen LogP contribution is -2.30. The van der Waals surface area contributed by atoms with Gasteiger partial charge in [-0.25, -0.2) is 9.59 Å². The van der Waals surface area contributed by atoms with Crippen LogP contribution in [0.15, 0.2) is 78.9 Å². The lowest BCUT2D eigenvalue weighted by atomic mass is 9.88. The monoisotopic (exact) mass is 447 g/mol. The van der Waals surface area contributed by atoms with E-state index < -0.39 is 12.2 Å². The predicted molar refractivity (Wildman–Crippen MR) is 129 cm³/mol. The Bertz CT molecular complexity index is 1040. The number of methoxy groups -OCH3 is 2. The van der Waals surface area contributed by atoms with Crippen molar-refractivity contribution in [2.75, 3.05) is 31.0 Å². The Labute approximate surface area is 194 Å². The number of nitrogens with one attached hydrogen (secondary N) is 1. The Morgan fingerprint density at radius 1 is 0.879 bits per heavy atom. The van der Waals surface area contributed by atoms with Crippen LogP contribution in [0, 0.1) is 0 Å². The van der Waals surface area contributed by atoms with Crippen LogP contribution < -0.4 is 16.0 Å². The van der Waals surface area contributed by atoms with Crippen molar-refractivity contribution in [2.24, 2.45) is 5.73 Å². The molecular formula is C26H29N3O4. The fraction of sp³-hybridized carbons (Fsp3) is 0.231. The van der Waals surface area contributed by atoms with Crippen LogP contribution in [-0.2, 0) is 16.0 Å². The Morgan fingerprint density at radius 3 is 2.03 bits per heavy atom. The fourth-order valence-electron chi connectivity index (χ4n) is 3.68. The van der Waals surface area contributed by atoms with E-state index in [1.165, 1.54) is 14.2 Å². The van der Waals surface area contributed by atoms with E-state index in [1.807, 2.05) is 78.9 Å². The molecule has 3 aromatic rings. The molecule has 0 aromatic heterocycles. The average Bonchev–Trinajstić information content (AvgIpc) is 2.86. The van der Waals surface area contributed by atoms with E-state index >= 15 is 0 Å². The standard InChI is InChI=1S/C26H29N3O4/c1-32-25(30)28-22-12-8-20(9-13-22)24(16-17-27)21-10-14-23(15-11-21)29(26(31)33-2)18-19-6-4-3-5-7-19/h3-15,24H,16-18,27H2,1-2H3,(H,28,30). The van der Waals surface area contributed by atoms with Gasteiger partial charge in [-0.2, -0.15) is 0 Å². The minimum Gasteiger partial charge on any atom is -0.453 e. The van der Waals surface area contributed by atoms with Crippen molar-refractivity contribution in [1.82, 2.24) is 0 Å². The highest BCUT2D eigenvalue weighted by molar-refractivity contribution is 5.87. The van der Waals surface area contributed by atoms with E-state index in [-0.39, 0.29) is 5.92 Å². The van der Waals surface area contributed by atoms with E-state index in [4.69, 9.17) is 10.5 Å². The average molecular weight is 448 g/mol. The van der Waals surface area contributed by atoms with E-state index in [9.17, 15) is 9.59 Å². The van der Waals surface area contributed by atoms with Crippen molar-refractivity contribution in [3.8, 4) is 0 Å². The van der Waals surface area contributed by atoms with Crippen LogP contribution >= 0.6 is 0 Å². The molecule has 1 unspecified atom stereocenters. The van der Waals surface area contributed by atoms with Gasteiger partial charge in [0.1, 0.15) is 0 Å². The zero-order valence-corrected chi connectivity index (χ0v) is 18.9. The van der Waals surface area contributed by atoms with Gasteiger partial charge in [0, 0.05) is 17.3 Å². The predicted octanol–water partition coefficient (Wildman–Crippen LogP) is 5.12. The molecule has 7 heteroatoms. The minimum atomic E-state index is -0.512. The second kappa shape index (κ2) is 11.7. The SMILES string of the molecule is COC(=O)Nc1ccc(C(CCN)c2ccc(N(Cc3ccccc3)C(=O)OC)cc2)cc1. The molecule has 7 nitrogen and oxygen atoms in total. The highest BCUT2D eigenvalue weighted by Crippen LogP contribution is 2.30. The third-order valence-electron chi connectivity index (χ3n) is 5.39. The van der Waals surface area contributed by atoms with Crippen LogP contribution in [0.5, 0.6) is 0 Å². The molecule has 0 saturated heterocycles. The van der Waals surface area contributed by atoms with E-state index in [0.717, 1.165) is 28.8 Å². The van der Waals surface area contributed by atoms with Crippen molar-refractivity contribution in [2.45, 2.75) is 18.9 Å². The Balaban J connectivity index is 1.82. The second-order valence-corrected chi connectivity index (χ2v) is 7.50. The van der Waals surface area contributed by atoms with Gasteiger partial charge < -0.3 is 15.2 Å². The summed E-state index contributed by atoms with van der Waals surface area (Å²) in [7, 11) is 2.70. The summed E-state index contributed by atoms with van der Waals surface area (Å²) >= 11 is 0. The zero-order chi connectivity index (χ0) is 23.6. The van der Waals surface area contributed by atoms with Crippen LogP contribution in [0.3, 0.4) is 0 Å². The van der Waals surface area contributed by atoms with Crippen LogP contribution in [0.2, 0.25) is 0 Å². The lowest BCUT2D eigenvalue weighted by molar-refractivity contribution is 0.178. The maximum absolute atomic E-state index is 12.4. The highest BCUT2D eigenvalue weighted by atomic mass is 16.5. The summed E-state index contributed by atoms with van der Waals surface area (Å²) in [6.45, 7) is 0.935. The summed E-state index contributed by atoms with van der Waals surface area (Å²) in [5, 5.41) is 2.65. The largest absolute Gasteiger partial charge is 0.453 e. The Hall–Kier alpha value is -3.84. The van der Waals surface area contributed by atoms with Gasteiger partial charge in [-0.3, -0.25) is 10.2 Å². The summed E-state index contributed by atoms with van der Waals surface area (Å²) in [5.74, 6) is 0.0805. The van der Waals surface area contributed by atoms with Gasteiger partial charge >= 0.3 is 12.2 Å². The third-order valence-corrected chi connectivity index (χ3v) is 5.39. The van der Waals surface area contributed by atoms with Crippen LogP contribution in [0.1, 0.15) is 29.0 Å². The normalized spacial score (nSPS) is 11.4. The van der Waals surface area contributed by atoms with Crippen LogP contribution in [0.4, 0.5) is 21.0 Å². The number of benzene rings is 3. The number of hydrogen-bond donors (Lipinski definition) is 2. The molecule has 2 amide bonds. The first-order valence-corrected chi connectivity index (χ1v) is 10.7. The number of anilines is 2. The highest BCUT2D eigenvalue weighted by Gasteiger charge is 2.19. The lowest BCUT2D eigenvalue weighted by Gasteiger charge is -2.23. The van der Waals surface area contributed by atoms with Gasteiger partial charge in [-0.1, -0.05) is 54.6 Å². The number of nitrogens with zero attached hydrogens (tertiary/aromatic N) is 1. The quantitative estimate of drug-likeness (QED) is 0.500. The molecule has 0 heterocycles. The molecule has 1 atom stereocenters. The van der Waals surface area contributed by atoms with Crippen LogP contribution in [-0.4, -0.2) is 33.0 Å². The van der Waals surface area contributed by atoms with Crippen molar-refractivity contribution in [3.05, 3.63) is 95.6 Å². The van der Waals surface area contributed by atoms with Crippen molar-refractivity contribution < 1.29 is 19.1 Å². The van der Waals surface area contributed by atoms with Crippen molar-refractivity contribution >= 4 is 23.6 Å². The van der Waals surface area contributed by atoms with E-state index in [2.05, 4.69) is 10.1 Å². The molecule has 0 saturated carbocycles. The maximum atomic E-state index is 12.4. The van der Waals surface area contributed by atoms with Crippen molar-refractivity contribution in [3.63, 3.8) is 0 Å². The number of nitrogens with two attached hydrogens (primary N) is 1. The third kappa shape index (κ3) is 6.33. The molecule has 0 aliphatic rings. The number of carbonyl (C=O) groups is 2. The summed E-state index contributed by atoms with van der Waals surface area (Å²) in [6.07, 6.45) is -0.172. The molecule has 3 N–H and O–H groups in total.